The molecule has 3 heteroatoms. The number of aliphatic hydroxyl groups is 1. The van der Waals surface area contributed by atoms with Gasteiger partial charge in [-0.1, -0.05) is 12.1 Å². The van der Waals surface area contributed by atoms with E-state index in [9.17, 15) is 5.11 Å². The molecule has 1 aromatic heterocycles. The number of aliphatic hydroxyl groups excluding tert-OH is 1. The van der Waals surface area contributed by atoms with Gasteiger partial charge in [0.25, 0.3) is 0 Å². The maximum atomic E-state index is 10.0. The van der Waals surface area contributed by atoms with Gasteiger partial charge in [0.1, 0.15) is 5.75 Å². The molecule has 0 aliphatic carbocycles. The molecule has 0 saturated carbocycles. The van der Waals surface area contributed by atoms with Gasteiger partial charge in [-0.3, -0.25) is 0 Å². The van der Waals surface area contributed by atoms with Crippen LogP contribution >= 0.6 is 11.3 Å². The number of ether oxygens (including phenoxy) is 1. The molecular weight excluding hydrogens is 244 g/mol. The van der Waals surface area contributed by atoms with E-state index in [-0.39, 0.29) is 5.92 Å². The zero-order valence-electron chi connectivity index (χ0n) is 10.9. The van der Waals surface area contributed by atoms with E-state index in [0.717, 1.165) is 11.3 Å². The molecule has 0 fully saturated rings. The van der Waals surface area contributed by atoms with Crippen LogP contribution in [0.1, 0.15) is 28.2 Å². The molecule has 2 unspecified atom stereocenters. The van der Waals surface area contributed by atoms with Crippen LogP contribution in [0, 0.1) is 6.92 Å². The Bertz CT molecular complexity index is 499. The average Bonchev–Trinajstić information content (AvgIpc) is 2.76. The van der Waals surface area contributed by atoms with E-state index in [1.165, 1.54) is 9.75 Å². The van der Waals surface area contributed by atoms with Crippen molar-refractivity contribution < 1.29 is 9.84 Å². The van der Waals surface area contributed by atoms with E-state index in [1.54, 1.807) is 18.4 Å². The summed E-state index contributed by atoms with van der Waals surface area (Å²) in [5.74, 6) is 0.875. The molecule has 2 atom stereocenters. The Labute approximate surface area is 112 Å². The van der Waals surface area contributed by atoms with Gasteiger partial charge in [-0.2, -0.15) is 0 Å². The smallest absolute Gasteiger partial charge is 0.118 e. The number of hydrogen-bond acceptors (Lipinski definition) is 3. The van der Waals surface area contributed by atoms with E-state index in [4.69, 9.17) is 4.74 Å². The third-order valence-electron chi connectivity index (χ3n) is 3.02. The fourth-order valence-electron chi connectivity index (χ4n) is 2.11. The maximum Gasteiger partial charge on any atom is 0.118 e. The second-order valence-corrected chi connectivity index (χ2v) is 5.76. The van der Waals surface area contributed by atoms with Gasteiger partial charge in [0, 0.05) is 15.7 Å². The predicted octanol–water partition coefficient (Wildman–Crippen LogP) is 3.58. The van der Waals surface area contributed by atoms with Crippen molar-refractivity contribution in [2.75, 3.05) is 7.11 Å². The number of thiophene rings is 1. The lowest BCUT2D eigenvalue weighted by atomic mass is 9.93. The van der Waals surface area contributed by atoms with Crippen LogP contribution in [-0.2, 0) is 0 Å². The fourth-order valence-corrected chi connectivity index (χ4v) is 3.22. The van der Waals surface area contributed by atoms with Gasteiger partial charge in [0.15, 0.2) is 0 Å². The summed E-state index contributed by atoms with van der Waals surface area (Å²) < 4.78 is 5.16. The second kappa shape index (κ2) is 5.55. The molecule has 0 amide bonds. The Morgan fingerprint density at radius 3 is 2.22 bits per heavy atom. The number of methoxy groups -OCH3 is 1. The first kappa shape index (κ1) is 13.1. The second-order valence-electron chi connectivity index (χ2n) is 4.44. The molecule has 0 saturated heterocycles. The summed E-state index contributed by atoms with van der Waals surface area (Å²) in [6.45, 7) is 3.92. The Hall–Kier alpha value is -1.32. The van der Waals surface area contributed by atoms with Crippen molar-refractivity contribution in [3.63, 3.8) is 0 Å². The highest BCUT2D eigenvalue weighted by atomic mass is 32.1. The molecule has 2 nitrogen and oxygen atoms in total. The highest BCUT2D eigenvalue weighted by Gasteiger charge is 2.21. The molecule has 0 aliphatic rings. The topological polar surface area (TPSA) is 29.5 Å². The summed E-state index contributed by atoms with van der Waals surface area (Å²) in [4.78, 5) is 2.47. The molecule has 0 bridgehead atoms. The molecule has 1 heterocycles. The van der Waals surface area contributed by atoms with E-state index in [1.807, 2.05) is 31.2 Å². The SMILES string of the molecule is COc1ccc(C(c2ccc(C)s2)C(C)O)cc1. The molecule has 18 heavy (non-hydrogen) atoms. The maximum absolute atomic E-state index is 10.0. The minimum Gasteiger partial charge on any atom is -0.497 e. The van der Waals surface area contributed by atoms with E-state index >= 15 is 0 Å². The van der Waals surface area contributed by atoms with Gasteiger partial charge in [-0.25, -0.2) is 0 Å². The molecular formula is C15H18O2S. The molecule has 1 aromatic carbocycles. The zero-order chi connectivity index (χ0) is 13.1. The third kappa shape index (κ3) is 2.74. The number of rotatable bonds is 4. The van der Waals surface area contributed by atoms with Gasteiger partial charge in [0.05, 0.1) is 13.2 Å². The summed E-state index contributed by atoms with van der Waals surface area (Å²) in [5.41, 5.74) is 1.12. The molecule has 96 valence electrons. The lowest BCUT2D eigenvalue weighted by molar-refractivity contribution is 0.177. The van der Waals surface area contributed by atoms with Crippen LogP contribution in [0.2, 0.25) is 0 Å². The summed E-state index contributed by atoms with van der Waals surface area (Å²) in [7, 11) is 1.66. The van der Waals surface area contributed by atoms with Crippen molar-refractivity contribution in [2.24, 2.45) is 0 Å². The van der Waals surface area contributed by atoms with Crippen molar-refractivity contribution in [3.05, 3.63) is 51.7 Å². The van der Waals surface area contributed by atoms with Crippen molar-refractivity contribution in [1.82, 2.24) is 0 Å². The summed E-state index contributed by atoms with van der Waals surface area (Å²) in [6, 6.07) is 12.1. The van der Waals surface area contributed by atoms with Gasteiger partial charge in [-0.15, -0.1) is 11.3 Å². The summed E-state index contributed by atoms with van der Waals surface area (Å²) in [5, 5.41) is 10.0. The van der Waals surface area contributed by atoms with Crippen LogP contribution in [0.4, 0.5) is 0 Å². The first-order valence-electron chi connectivity index (χ1n) is 6.00. The van der Waals surface area contributed by atoms with E-state index < -0.39 is 6.10 Å². The van der Waals surface area contributed by atoms with Crippen molar-refractivity contribution in [2.45, 2.75) is 25.9 Å². The third-order valence-corrected chi connectivity index (χ3v) is 4.11. The molecule has 1 N–H and O–H groups in total. The molecule has 2 aromatic rings. The Kier molecular flexibility index (Phi) is 4.04. The largest absolute Gasteiger partial charge is 0.497 e. The van der Waals surface area contributed by atoms with Crippen LogP contribution in [0.3, 0.4) is 0 Å². The van der Waals surface area contributed by atoms with E-state index in [0.29, 0.717) is 0 Å². The van der Waals surface area contributed by atoms with Crippen molar-refractivity contribution in [3.8, 4) is 5.75 Å². The van der Waals surface area contributed by atoms with Crippen LogP contribution in [0.25, 0.3) is 0 Å². The van der Waals surface area contributed by atoms with Gasteiger partial charge in [-0.05, 0) is 43.7 Å². The quantitative estimate of drug-likeness (QED) is 0.912. The zero-order valence-corrected chi connectivity index (χ0v) is 11.7. The van der Waals surface area contributed by atoms with Crippen LogP contribution in [0.5, 0.6) is 5.75 Å². The predicted molar refractivity (Wildman–Crippen MR) is 75.6 cm³/mol. The first-order chi connectivity index (χ1) is 8.61. The number of benzene rings is 1. The average molecular weight is 262 g/mol. The fraction of sp³-hybridized carbons (Fsp3) is 0.333. The lowest BCUT2D eigenvalue weighted by Gasteiger charge is -2.19. The number of hydrogen-bond donors (Lipinski definition) is 1. The van der Waals surface area contributed by atoms with Crippen molar-refractivity contribution in [1.29, 1.82) is 0 Å². The number of aryl methyl sites for hydroxylation is 1. The highest BCUT2D eigenvalue weighted by molar-refractivity contribution is 7.12. The Morgan fingerprint density at radius 1 is 1.11 bits per heavy atom. The molecule has 2 rings (SSSR count). The monoisotopic (exact) mass is 262 g/mol. The highest BCUT2D eigenvalue weighted by Crippen LogP contribution is 2.33. The van der Waals surface area contributed by atoms with E-state index in [2.05, 4.69) is 19.1 Å². The molecule has 0 spiro atoms. The first-order valence-corrected chi connectivity index (χ1v) is 6.82. The van der Waals surface area contributed by atoms with Crippen LogP contribution < -0.4 is 4.74 Å². The Morgan fingerprint density at radius 2 is 1.78 bits per heavy atom. The van der Waals surface area contributed by atoms with Gasteiger partial charge < -0.3 is 9.84 Å². The van der Waals surface area contributed by atoms with Gasteiger partial charge in [0.2, 0.25) is 0 Å². The van der Waals surface area contributed by atoms with Crippen LogP contribution in [-0.4, -0.2) is 18.3 Å². The summed E-state index contributed by atoms with van der Waals surface area (Å²) >= 11 is 1.74. The minimum absolute atomic E-state index is 0.0367. The van der Waals surface area contributed by atoms with Crippen molar-refractivity contribution >= 4 is 11.3 Å². The summed E-state index contributed by atoms with van der Waals surface area (Å²) in [6.07, 6.45) is -0.406. The van der Waals surface area contributed by atoms with Crippen LogP contribution in [0.15, 0.2) is 36.4 Å². The standard InChI is InChI=1S/C15H18O2S/c1-10-4-9-14(18-10)15(11(2)16)12-5-7-13(17-3)8-6-12/h4-9,11,15-16H,1-3H3. The Balaban J connectivity index is 2.35. The minimum atomic E-state index is -0.406. The van der Waals surface area contributed by atoms with Gasteiger partial charge >= 0.3 is 0 Å². The normalized spacial score (nSPS) is 14.2. The molecule has 0 radical (unpaired) electrons. The molecule has 0 aliphatic heterocycles. The lowest BCUT2D eigenvalue weighted by Crippen LogP contribution is -2.14.